The van der Waals surface area contributed by atoms with Crippen LogP contribution in [0.1, 0.15) is 16.2 Å². The van der Waals surface area contributed by atoms with E-state index in [2.05, 4.69) is 28.9 Å². The van der Waals surface area contributed by atoms with Crippen molar-refractivity contribution in [2.24, 2.45) is 0 Å². The molecule has 19 heavy (non-hydrogen) atoms. The molecule has 100 valence electrons. The second kappa shape index (κ2) is 7.28. The van der Waals surface area contributed by atoms with E-state index in [-0.39, 0.29) is 12.7 Å². The van der Waals surface area contributed by atoms with Crippen molar-refractivity contribution in [3.05, 3.63) is 21.9 Å². The van der Waals surface area contributed by atoms with Crippen molar-refractivity contribution >= 4 is 11.3 Å². The topological polar surface area (TPSA) is 56.5 Å². The Labute approximate surface area is 117 Å². The second-order valence-electron chi connectivity index (χ2n) is 4.26. The standard InChI is InChI=1S/C14H16N2O2S/c15-9-12-10-16(6-8-18-12)11-14-5-4-13(19-14)3-1-2-7-17/h4-5,12,17H,2,6-8,10-11H2. The molecule has 1 unspecified atom stereocenters. The Morgan fingerprint density at radius 2 is 2.42 bits per heavy atom. The second-order valence-corrected chi connectivity index (χ2v) is 5.43. The Balaban J connectivity index is 1.90. The lowest BCUT2D eigenvalue weighted by atomic mass is 10.3. The highest BCUT2D eigenvalue weighted by Crippen LogP contribution is 2.18. The van der Waals surface area contributed by atoms with E-state index >= 15 is 0 Å². The number of aliphatic hydroxyl groups excluding tert-OH is 1. The number of rotatable bonds is 3. The molecule has 1 fully saturated rings. The molecule has 0 radical (unpaired) electrons. The maximum atomic E-state index is 8.86. The first-order chi connectivity index (χ1) is 9.31. The highest BCUT2D eigenvalue weighted by Gasteiger charge is 2.20. The summed E-state index contributed by atoms with van der Waals surface area (Å²) in [4.78, 5) is 4.49. The summed E-state index contributed by atoms with van der Waals surface area (Å²) in [5, 5.41) is 17.5. The molecule has 0 saturated carbocycles. The summed E-state index contributed by atoms with van der Waals surface area (Å²) < 4.78 is 5.32. The molecule has 0 aromatic carbocycles. The Morgan fingerprint density at radius 3 is 3.21 bits per heavy atom. The van der Waals surface area contributed by atoms with Gasteiger partial charge in [-0.3, -0.25) is 4.90 Å². The van der Waals surface area contributed by atoms with E-state index in [4.69, 9.17) is 15.1 Å². The SMILES string of the molecule is N#CC1CN(Cc2ccc(C#CCCO)s2)CCO1. The van der Waals surface area contributed by atoms with Gasteiger partial charge in [0.05, 0.1) is 24.2 Å². The molecular weight excluding hydrogens is 260 g/mol. The van der Waals surface area contributed by atoms with Gasteiger partial charge >= 0.3 is 0 Å². The van der Waals surface area contributed by atoms with Crippen molar-refractivity contribution in [2.45, 2.75) is 19.1 Å². The van der Waals surface area contributed by atoms with Crippen molar-refractivity contribution in [3.63, 3.8) is 0 Å². The summed E-state index contributed by atoms with van der Waals surface area (Å²) in [7, 11) is 0. The minimum absolute atomic E-state index is 0.106. The Morgan fingerprint density at radius 1 is 1.53 bits per heavy atom. The number of ether oxygens (including phenoxy) is 1. The van der Waals surface area contributed by atoms with Gasteiger partial charge in [-0.1, -0.05) is 11.8 Å². The Bertz CT molecular complexity index is 509. The van der Waals surface area contributed by atoms with Crippen molar-refractivity contribution < 1.29 is 9.84 Å². The van der Waals surface area contributed by atoms with E-state index in [0.717, 1.165) is 18.0 Å². The van der Waals surface area contributed by atoms with Gasteiger partial charge in [0, 0.05) is 30.9 Å². The lowest BCUT2D eigenvalue weighted by Crippen LogP contribution is -2.41. The maximum absolute atomic E-state index is 8.86. The predicted octanol–water partition coefficient (Wildman–Crippen LogP) is 1.21. The average molecular weight is 276 g/mol. The van der Waals surface area contributed by atoms with E-state index in [1.165, 1.54) is 4.88 Å². The maximum Gasteiger partial charge on any atom is 0.156 e. The number of nitrogens with zero attached hydrogens (tertiary/aromatic N) is 2. The highest BCUT2D eigenvalue weighted by atomic mass is 32.1. The van der Waals surface area contributed by atoms with Crippen molar-refractivity contribution in [2.75, 3.05) is 26.3 Å². The summed E-state index contributed by atoms with van der Waals surface area (Å²) in [6.07, 6.45) is 0.207. The zero-order valence-electron chi connectivity index (χ0n) is 10.6. The van der Waals surface area contributed by atoms with Crippen LogP contribution in [0.2, 0.25) is 0 Å². The molecule has 0 amide bonds. The van der Waals surface area contributed by atoms with Gasteiger partial charge in [-0.25, -0.2) is 0 Å². The number of thiophene rings is 1. The summed E-state index contributed by atoms with van der Waals surface area (Å²) in [6, 6.07) is 6.23. The van der Waals surface area contributed by atoms with Gasteiger partial charge in [-0.2, -0.15) is 5.26 Å². The molecule has 0 bridgehead atoms. The molecule has 1 aromatic heterocycles. The van der Waals surface area contributed by atoms with Crippen LogP contribution >= 0.6 is 11.3 Å². The molecule has 2 heterocycles. The molecule has 2 rings (SSSR count). The molecule has 0 aliphatic carbocycles. The van der Waals surface area contributed by atoms with Crippen molar-refractivity contribution in [1.82, 2.24) is 4.90 Å². The third-order valence-electron chi connectivity index (χ3n) is 2.78. The summed E-state index contributed by atoms with van der Waals surface area (Å²) in [5.74, 6) is 5.95. The average Bonchev–Trinajstić information content (AvgIpc) is 2.87. The van der Waals surface area contributed by atoms with Gasteiger partial charge in [-0.15, -0.1) is 11.3 Å². The summed E-state index contributed by atoms with van der Waals surface area (Å²) in [6.45, 7) is 3.09. The van der Waals surface area contributed by atoms with Crippen LogP contribution in [0.15, 0.2) is 12.1 Å². The van der Waals surface area contributed by atoms with Crippen LogP contribution in [-0.4, -0.2) is 42.4 Å². The molecule has 1 N–H and O–H groups in total. The van der Waals surface area contributed by atoms with Crippen LogP contribution in [0.4, 0.5) is 0 Å². The molecular formula is C14H16N2O2S. The zero-order valence-corrected chi connectivity index (χ0v) is 11.4. The first-order valence-corrected chi connectivity index (χ1v) is 7.05. The number of aliphatic hydroxyl groups is 1. The van der Waals surface area contributed by atoms with Crippen LogP contribution in [0.25, 0.3) is 0 Å². The van der Waals surface area contributed by atoms with Crippen LogP contribution < -0.4 is 0 Å². The van der Waals surface area contributed by atoms with E-state index < -0.39 is 0 Å². The highest BCUT2D eigenvalue weighted by molar-refractivity contribution is 7.12. The fourth-order valence-corrected chi connectivity index (χ4v) is 2.81. The molecule has 5 heteroatoms. The van der Waals surface area contributed by atoms with Crippen LogP contribution in [0.3, 0.4) is 0 Å². The number of nitriles is 1. The van der Waals surface area contributed by atoms with Crippen molar-refractivity contribution in [3.8, 4) is 17.9 Å². The van der Waals surface area contributed by atoms with Gasteiger partial charge in [0.25, 0.3) is 0 Å². The van der Waals surface area contributed by atoms with Crippen LogP contribution in [0.5, 0.6) is 0 Å². The van der Waals surface area contributed by atoms with Gasteiger partial charge in [0.2, 0.25) is 0 Å². The Kier molecular flexibility index (Phi) is 5.38. The van der Waals surface area contributed by atoms with Crippen LogP contribution in [-0.2, 0) is 11.3 Å². The first-order valence-electron chi connectivity index (χ1n) is 6.24. The largest absolute Gasteiger partial charge is 0.395 e. The minimum Gasteiger partial charge on any atom is -0.395 e. The molecule has 0 spiro atoms. The molecule has 1 aromatic rings. The van der Waals surface area contributed by atoms with E-state index in [1.54, 1.807) is 11.3 Å². The van der Waals surface area contributed by atoms with E-state index in [0.29, 0.717) is 19.6 Å². The van der Waals surface area contributed by atoms with Crippen LogP contribution in [0, 0.1) is 23.2 Å². The third kappa shape index (κ3) is 4.34. The van der Waals surface area contributed by atoms with Gasteiger partial charge in [0.15, 0.2) is 6.10 Å². The third-order valence-corrected chi connectivity index (χ3v) is 3.77. The fourth-order valence-electron chi connectivity index (χ4n) is 1.88. The molecule has 1 saturated heterocycles. The zero-order chi connectivity index (χ0) is 13.5. The first kappa shape index (κ1) is 14.0. The summed E-state index contributed by atoms with van der Waals surface area (Å²) >= 11 is 1.67. The fraction of sp³-hybridized carbons (Fsp3) is 0.500. The van der Waals surface area contributed by atoms with Gasteiger partial charge in [0.1, 0.15) is 0 Å². The number of hydrogen-bond donors (Lipinski definition) is 1. The molecule has 1 aliphatic heterocycles. The summed E-state index contributed by atoms with van der Waals surface area (Å²) in [5.41, 5.74) is 0. The van der Waals surface area contributed by atoms with Gasteiger partial charge in [-0.05, 0) is 12.1 Å². The quantitative estimate of drug-likeness (QED) is 0.843. The van der Waals surface area contributed by atoms with E-state index in [1.807, 2.05) is 6.07 Å². The molecule has 1 atom stereocenters. The minimum atomic E-state index is -0.308. The molecule has 1 aliphatic rings. The molecule has 4 nitrogen and oxygen atoms in total. The smallest absolute Gasteiger partial charge is 0.156 e. The predicted molar refractivity (Wildman–Crippen MR) is 73.5 cm³/mol. The van der Waals surface area contributed by atoms with Crippen molar-refractivity contribution in [1.29, 1.82) is 5.26 Å². The monoisotopic (exact) mass is 276 g/mol. The number of morpholine rings is 1. The Hall–Kier alpha value is -1.37. The lowest BCUT2D eigenvalue weighted by Gasteiger charge is -2.29. The van der Waals surface area contributed by atoms with Gasteiger partial charge < -0.3 is 9.84 Å². The van der Waals surface area contributed by atoms with E-state index in [9.17, 15) is 0 Å². The normalized spacial score (nSPS) is 19.5. The lowest BCUT2D eigenvalue weighted by molar-refractivity contribution is -0.00232. The number of hydrogen-bond acceptors (Lipinski definition) is 5.